The number of rotatable bonds is 7. The Labute approximate surface area is 80.4 Å². The van der Waals surface area contributed by atoms with E-state index in [4.69, 9.17) is 0 Å². The first-order valence-electron chi connectivity index (χ1n) is 4.65. The summed E-state index contributed by atoms with van der Waals surface area (Å²) in [5.41, 5.74) is 0. The van der Waals surface area contributed by atoms with Crippen molar-refractivity contribution in [3.05, 3.63) is 0 Å². The highest BCUT2D eigenvalue weighted by Gasteiger charge is 2.02. The molecule has 0 aromatic heterocycles. The minimum atomic E-state index is -2.82. The molecule has 0 aliphatic rings. The highest BCUT2D eigenvalue weighted by atomic mass is 32.2. The van der Waals surface area contributed by atoms with Crippen LogP contribution in [0.2, 0.25) is 0 Å². The van der Waals surface area contributed by atoms with Gasteiger partial charge in [-0.3, -0.25) is 4.79 Å². The van der Waals surface area contributed by atoms with Gasteiger partial charge < -0.3 is 0 Å². The molecule has 0 heterocycles. The van der Waals surface area contributed by atoms with Crippen molar-refractivity contribution in [2.45, 2.75) is 39.0 Å². The molecular weight excluding hydrogens is 188 g/mol. The second-order valence-electron chi connectivity index (χ2n) is 3.33. The van der Waals surface area contributed by atoms with E-state index in [1.54, 1.807) is 0 Å². The molecule has 0 rings (SSSR count). The number of hydrogen-bond donors (Lipinski definition) is 0. The van der Waals surface area contributed by atoms with E-state index in [-0.39, 0.29) is 11.5 Å². The largest absolute Gasteiger partial charge is 0.300 e. The molecule has 0 N–H and O–H groups in total. The molecule has 0 unspecified atom stereocenters. The van der Waals surface area contributed by atoms with Crippen LogP contribution < -0.4 is 0 Å². The Kier molecular flexibility index (Phi) is 5.95. The Balaban J connectivity index is 3.33. The summed E-state index contributed by atoms with van der Waals surface area (Å²) in [6.07, 6.45) is 4.76. The van der Waals surface area contributed by atoms with Crippen LogP contribution in [-0.2, 0) is 14.6 Å². The highest BCUT2D eigenvalue weighted by Crippen LogP contribution is 2.03. The van der Waals surface area contributed by atoms with E-state index >= 15 is 0 Å². The van der Waals surface area contributed by atoms with E-state index in [9.17, 15) is 13.2 Å². The van der Waals surface area contributed by atoms with Gasteiger partial charge in [-0.25, -0.2) is 8.42 Å². The molecule has 0 amide bonds. The third-order valence-corrected chi connectivity index (χ3v) is 2.90. The SMILES string of the molecule is CCC(=O)CCCCCS(C)(=O)=O. The first-order valence-corrected chi connectivity index (χ1v) is 6.71. The Hall–Kier alpha value is -0.380. The first kappa shape index (κ1) is 12.6. The van der Waals surface area contributed by atoms with E-state index in [1.165, 1.54) is 6.26 Å². The summed E-state index contributed by atoms with van der Waals surface area (Å²) in [6, 6.07) is 0. The zero-order valence-electron chi connectivity index (χ0n) is 8.38. The van der Waals surface area contributed by atoms with Gasteiger partial charge in [-0.05, 0) is 12.8 Å². The van der Waals surface area contributed by atoms with Gasteiger partial charge in [0.25, 0.3) is 0 Å². The summed E-state index contributed by atoms with van der Waals surface area (Å²) in [7, 11) is -2.82. The predicted molar refractivity (Wildman–Crippen MR) is 53.5 cm³/mol. The molecule has 0 bridgehead atoms. The van der Waals surface area contributed by atoms with Crippen molar-refractivity contribution >= 4 is 15.6 Å². The number of carbonyl (C=O) groups is 1. The number of ketones is 1. The van der Waals surface area contributed by atoms with Crippen molar-refractivity contribution in [1.29, 1.82) is 0 Å². The normalized spacial score (nSPS) is 11.5. The zero-order valence-corrected chi connectivity index (χ0v) is 9.19. The summed E-state index contributed by atoms with van der Waals surface area (Å²) in [6.45, 7) is 1.85. The molecule has 0 radical (unpaired) electrons. The van der Waals surface area contributed by atoms with Gasteiger partial charge in [0.15, 0.2) is 0 Å². The maximum atomic E-state index is 10.9. The quantitative estimate of drug-likeness (QED) is 0.594. The first-order chi connectivity index (χ1) is 5.95. The fourth-order valence-corrected chi connectivity index (χ4v) is 1.77. The lowest BCUT2D eigenvalue weighted by atomic mass is 10.1. The molecule has 4 heteroatoms. The van der Waals surface area contributed by atoms with Crippen LogP contribution in [0.4, 0.5) is 0 Å². The van der Waals surface area contributed by atoms with Crippen LogP contribution in [0.5, 0.6) is 0 Å². The third kappa shape index (κ3) is 9.53. The number of unbranched alkanes of at least 4 members (excludes halogenated alkanes) is 2. The standard InChI is InChI=1S/C9H18O3S/c1-3-9(10)7-5-4-6-8-13(2,11)12/h3-8H2,1-2H3. The van der Waals surface area contributed by atoms with E-state index in [1.807, 2.05) is 6.92 Å². The van der Waals surface area contributed by atoms with Crippen LogP contribution in [0, 0.1) is 0 Å². The lowest BCUT2D eigenvalue weighted by Gasteiger charge is -1.98. The second kappa shape index (κ2) is 6.13. The molecule has 0 saturated heterocycles. The molecule has 0 atom stereocenters. The molecule has 13 heavy (non-hydrogen) atoms. The average molecular weight is 206 g/mol. The van der Waals surface area contributed by atoms with E-state index < -0.39 is 9.84 Å². The van der Waals surface area contributed by atoms with Gasteiger partial charge in [-0.15, -0.1) is 0 Å². The van der Waals surface area contributed by atoms with Gasteiger partial charge in [-0.1, -0.05) is 13.3 Å². The van der Waals surface area contributed by atoms with E-state index in [0.717, 1.165) is 12.8 Å². The van der Waals surface area contributed by atoms with Crippen molar-refractivity contribution in [1.82, 2.24) is 0 Å². The predicted octanol–water partition coefficient (Wildman–Crippen LogP) is 1.57. The number of sulfone groups is 1. The molecule has 0 aromatic rings. The van der Waals surface area contributed by atoms with Crippen LogP contribution in [-0.4, -0.2) is 26.2 Å². The molecule has 0 aromatic carbocycles. The fourth-order valence-electron chi connectivity index (χ4n) is 1.04. The molecule has 0 aliphatic heterocycles. The highest BCUT2D eigenvalue weighted by molar-refractivity contribution is 7.90. The number of hydrogen-bond acceptors (Lipinski definition) is 3. The number of carbonyl (C=O) groups excluding carboxylic acids is 1. The Morgan fingerprint density at radius 3 is 2.23 bits per heavy atom. The van der Waals surface area contributed by atoms with Gasteiger partial charge in [0.2, 0.25) is 0 Å². The van der Waals surface area contributed by atoms with Crippen LogP contribution in [0.15, 0.2) is 0 Å². The third-order valence-electron chi connectivity index (χ3n) is 1.87. The minimum Gasteiger partial charge on any atom is -0.300 e. The van der Waals surface area contributed by atoms with Gasteiger partial charge in [-0.2, -0.15) is 0 Å². The van der Waals surface area contributed by atoms with Crippen molar-refractivity contribution in [2.24, 2.45) is 0 Å². The Bertz CT molecular complexity index is 242. The molecule has 0 aliphatic carbocycles. The molecule has 0 fully saturated rings. The van der Waals surface area contributed by atoms with Crippen LogP contribution in [0.3, 0.4) is 0 Å². The van der Waals surface area contributed by atoms with Crippen molar-refractivity contribution in [2.75, 3.05) is 12.0 Å². The Morgan fingerprint density at radius 2 is 1.77 bits per heavy atom. The van der Waals surface area contributed by atoms with Crippen LogP contribution >= 0.6 is 0 Å². The summed E-state index contributed by atoms with van der Waals surface area (Å²) < 4.78 is 21.4. The Morgan fingerprint density at radius 1 is 1.15 bits per heavy atom. The van der Waals surface area contributed by atoms with E-state index in [2.05, 4.69) is 0 Å². The lowest BCUT2D eigenvalue weighted by molar-refractivity contribution is -0.118. The smallest absolute Gasteiger partial charge is 0.147 e. The maximum absolute atomic E-state index is 10.9. The summed E-state index contributed by atoms with van der Waals surface area (Å²) in [4.78, 5) is 10.9. The van der Waals surface area contributed by atoms with Gasteiger partial charge in [0.1, 0.15) is 15.6 Å². The average Bonchev–Trinajstić information content (AvgIpc) is 2.01. The second-order valence-corrected chi connectivity index (χ2v) is 5.59. The van der Waals surface area contributed by atoms with Gasteiger partial charge in [0, 0.05) is 24.9 Å². The van der Waals surface area contributed by atoms with E-state index in [0.29, 0.717) is 19.3 Å². The van der Waals surface area contributed by atoms with Gasteiger partial charge in [0.05, 0.1) is 0 Å². The van der Waals surface area contributed by atoms with Crippen LogP contribution in [0.1, 0.15) is 39.0 Å². The molecule has 3 nitrogen and oxygen atoms in total. The zero-order chi connectivity index (χ0) is 10.3. The summed E-state index contributed by atoms with van der Waals surface area (Å²) in [5.74, 6) is 0.507. The number of Topliss-reactive ketones (excluding diaryl/α,β-unsaturated/α-hetero) is 1. The van der Waals surface area contributed by atoms with Gasteiger partial charge >= 0.3 is 0 Å². The fraction of sp³-hybridized carbons (Fsp3) is 0.889. The molecule has 78 valence electrons. The minimum absolute atomic E-state index is 0.243. The topological polar surface area (TPSA) is 51.2 Å². The lowest BCUT2D eigenvalue weighted by Crippen LogP contribution is -2.03. The van der Waals surface area contributed by atoms with Crippen LogP contribution in [0.25, 0.3) is 0 Å². The maximum Gasteiger partial charge on any atom is 0.147 e. The summed E-state index contributed by atoms with van der Waals surface area (Å²) >= 11 is 0. The van der Waals surface area contributed by atoms with Crippen molar-refractivity contribution in [3.63, 3.8) is 0 Å². The molecule has 0 spiro atoms. The molecular formula is C9H18O3S. The van der Waals surface area contributed by atoms with Crippen molar-refractivity contribution < 1.29 is 13.2 Å². The monoisotopic (exact) mass is 206 g/mol. The van der Waals surface area contributed by atoms with Crippen molar-refractivity contribution in [3.8, 4) is 0 Å². The summed E-state index contributed by atoms with van der Waals surface area (Å²) in [5, 5.41) is 0. The molecule has 0 saturated carbocycles.